The van der Waals surface area contributed by atoms with Crippen LogP contribution in [0.4, 0.5) is 0 Å². The Labute approximate surface area is 95.0 Å². The Balaban J connectivity index is 3.67. The number of hydrogen-bond acceptors (Lipinski definition) is 1. The van der Waals surface area contributed by atoms with Crippen LogP contribution >= 0.6 is 0 Å². The molecule has 0 aromatic carbocycles. The quantitative estimate of drug-likeness (QED) is 0.536. The summed E-state index contributed by atoms with van der Waals surface area (Å²) in [7, 11) is 0. The molecule has 0 aromatic heterocycles. The smallest absolute Gasteiger partial charge is 0.222 e. The van der Waals surface area contributed by atoms with Crippen LogP contribution in [0.3, 0.4) is 0 Å². The van der Waals surface area contributed by atoms with Crippen LogP contribution in [0.25, 0.3) is 0 Å². The fourth-order valence-corrected chi connectivity index (χ4v) is 1.70. The zero-order valence-electron chi connectivity index (χ0n) is 10.7. The Morgan fingerprint density at radius 3 is 2.07 bits per heavy atom. The minimum absolute atomic E-state index is 0.349. The average Bonchev–Trinajstić information content (AvgIpc) is 2.24. The zero-order chi connectivity index (χ0) is 11.5. The molecule has 0 saturated carbocycles. The molecular weight excluding hydrogens is 186 g/mol. The van der Waals surface area contributed by atoms with E-state index in [4.69, 9.17) is 0 Å². The molecule has 0 N–H and O–H groups in total. The van der Waals surface area contributed by atoms with Crippen molar-refractivity contribution in [3.8, 4) is 0 Å². The second-order valence-corrected chi connectivity index (χ2v) is 4.14. The van der Waals surface area contributed by atoms with Crippen LogP contribution in [0.2, 0.25) is 0 Å². The number of carbonyl (C=O) groups is 1. The summed E-state index contributed by atoms with van der Waals surface area (Å²) in [6.45, 7) is 8.26. The highest BCUT2D eigenvalue weighted by Gasteiger charge is 2.09. The summed E-state index contributed by atoms with van der Waals surface area (Å²) < 4.78 is 0. The summed E-state index contributed by atoms with van der Waals surface area (Å²) in [6, 6.07) is 0. The van der Waals surface area contributed by atoms with E-state index in [1.54, 1.807) is 0 Å². The molecule has 0 saturated heterocycles. The molecule has 0 aliphatic carbocycles. The predicted molar refractivity (Wildman–Crippen MR) is 65.9 cm³/mol. The monoisotopic (exact) mass is 213 g/mol. The lowest BCUT2D eigenvalue weighted by molar-refractivity contribution is -0.131. The SMILES string of the molecule is CCCCCC(=O)N(CC)CCCCC. The molecule has 0 spiro atoms. The van der Waals surface area contributed by atoms with Crippen molar-refractivity contribution in [1.29, 1.82) is 0 Å². The van der Waals surface area contributed by atoms with Gasteiger partial charge in [-0.05, 0) is 19.8 Å². The molecular formula is C13H27NO. The lowest BCUT2D eigenvalue weighted by Crippen LogP contribution is -2.31. The van der Waals surface area contributed by atoms with Crippen LogP contribution in [-0.2, 0) is 4.79 Å². The standard InChI is InChI=1S/C13H27NO/c1-4-7-9-11-13(15)14(6-3)12-10-8-5-2/h4-12H2,1-3H3. The van der Waals surface area contributed by atoms with E-state index in [1.807, 2.05) is 4.90 Å². The van der Waals surface area contributed by atoms with Crippen molar-refractivity contribution in [3.63, 3.8) is 0 Å². The second kappa shape index (κ2) is 10.0. The molecule has 0 aliphatic heterocycles. The Kier molecular flexibility index (Phi) is 9.65. The summed E-state index contributed by atoms with van der Waals surface area (Å²) in [5.74, 6) is 0.349. The Morgan fingerprint density at radius 2 is 1.53 bits per heavy atom. The molecule has 0 atom stereocenters. The van der Waals surface area contributed by atoms with Crippen molar-refractivity contribution in [2.45, 2.75) is 65.7 Å². The van der Waals surface area contributed by atoms with Gasteiger partial charge in [0.15, 0.2) is 0 Å². The number of rotatable bonds is 9. The van der Waals surface area contributed by atoms with E-state index in [2.05, 4.69) is 20.8 Å². The van der Waals surface area contributed by atoms with Gasteiger partial charge in [-0.15, -0.1) is 0 Å². The normalized spacial score (nSPS) is 10.3. The third-order valence-corrected chi connectivity index (χ3v) is 2.76. The predicted octanol–water partition coefficient (Wildman–Crippen LogP) is 3.61. The number of nitrogens with zero attached hydrogens (tertiary/aromatic N) is 1. The molecule has 0 radical (unpaired) electrons. The van der Waals surface area contributed by atoms with Gasteiger partial charge in [0.2, 0.25) is 5.91 Å². The number of carbonyl (C=O) groups excluding carboxylic acids is 1. The molecule has 90 valence electrons. The summed E-state index contributed by atoms with van der Waals surface area (Å²) in [5.41, 5.74) is 0. The Hall–Kier alpha value is -0.530. The molecule has 0 heterocycles. The van der Waals surface area contributed by atoms with Gasteiger partial charge in [-0.2, -0.15) is 0 Å². The topological polar surface area (TPSA) is 20.3 Å². The third-order valence-electron chi connectivity index (χ3n) is 2.76. The summed E-state index contributed by atoms with van der Waals surface area (Å²) >= 11 is 0. The maximum Gasteiger partial charge on any atom is 0.222 e. The molecule has 0 fully saturated rings. The van der Waals surface area contributed by atoms with Crippen LogP contribution in [-0.4, -0.2) is 23.9 Å². The molecule has 0 aromatic rings. The third kappa shape index (κ3) is 7.40. The van der Waals surface area contributed by atoms with Gasteiger partial charge in [0, 0.05) is 19.5 Å². The largest absolute Gasteiger partial charge is 0.343 e. The van der Waals surface area contributed by atoms with Gasteiger partial charge < -0.3 is 4.90 Å². The van der Waals surface area contributed by atoms with E-state index in [-0.39, 0.29) is 0 Å². The van der Waals surface area contributed by atoms with E-state index < -0.39 is 0 Å². The highest BCUT2D eigenvalue weighted by Crippen LogP contribution is 2.05. The highest BCUT2D eigenvalue weighted by molar-refractivity contribution is 5.76. The summed E-state index contributed by atoms with van der Waals surface area (Å²) in [6.07, 6.45) is 7.78. The molecule has 0 rings (SSSR count). The lowest BCUT2D eigenvalue weighted by atomic mass is 10.2. The van der Waals surface area contributed by atoms with Crippen molar-refractivity contribution < 1.29 is 4.79 Å². The van der Waals surface area contributed by atoms with Crippen LogP contribution in [0.1, 0.15) is 65.7 Å². The zero-order valence-corrected chi connectivity index (χ0v) is 10.7. The van der Waals surface area contributed by atoms with Crippen LogP contribution in [0.15, 0.2) is 0 Å². The molecule has 0 bridgehead atoms. The van der Waals surface area contributed by atoms with Crippen LogP contribution in [0.5, 0.6) is 0 Å². The van der Waals surface area contributed by atoms with Gasteiger partial charge in [0.05, 0.1) is 0 Å². The Bertz CT molecular complexity index is 157. The van der Waals surface area contributed by atoms with E-state index in [9.17, 15) is 4.79 Å². The first-order valence-corrected chi connectivity index (χ1v) is 6.54. The van der Waals surface area contributed by atoms with Gasteiger partial charge in [0.25, 0.3) is 0 Å². The molecule has 0 unspecified atom stereocenters. The second-order valence-electron chi connectivity index (χ2n) is 4.14. The summed E-state index contributed by atoms with van der Waals surface area (Å²) in [4.78, 5) is 13.8. The molecule has 2 nitrogen and oxygen atoms in total. The minimum Gasteiger partial charge on any atom is -0.343 e. The van der Waals surface area contributed by atoms with Crippen molar-refractivity contribution in [3.05, 3.63) is 0 Å². The first-order chi connectivity index (χ1) is 7.26. The average molecular weight is 213 g/mol. The first kappa shape index (κ1) is 14.5. The van der Waals surface area contributed by atoms with E-state index >= 15 is 0 Å². The molecule has 1 amide bonds. The molecule has 0 aliphatic rings. The van der Waals surface area contributed by atoms with Gasteiger partial charge in [-0.3, -0.25) is 4.79 Å². The first-order valence-electron chi connectivity index (χ1n) is 6.54. The van der Waals surface area contributed by atoms with Crippen LogP contribution < -0.4 is 0 Å². The highest BCUT2D eigenvalue weighted by atomic mass is 16.2. The van der Waals surface area contributed by atoms with Crippen LogP contribution in [0, 0.1) is 0 Å². The maximum absolute atomic E-state index is 11.8. The number of unbranched alkanes of at least 4 members (excludes halogenated alkanes) is 4. The number of amides is 1. The minimum atomic E-state index is 0.349. The Morgan fingerprint density at radius 1 is 0.933 bits per heavy atom. The number of hydrogen-bond donors (Lipinski definition) is 0. The maximum atomic E-state index is 11.8. The lowest BCUT2D eigenvalue weighted by Gasteiger charge is -2.20. The van der Waals surface area contributed by atoms with Gasteiger partial charge in [-0.1, -0.05) is 39.5 Å². The molecule has 2 heteroatoms. The van der Waals surface area contributed by atoms with Gasteiger partial charge in [0.1, 0.15) is 0 Å². The van der Waals surface area contributed by atoms with Gasteiger partial charge >= 0.3 is 0 Å². The van der Waals surface area contributed by atoms with E-state index in [0.717, 1.165) is 32.4 Å². The summed E-state index contributed by atoms with van der Waals surface area (Å²) in [5, 5.41) is 0. The van der Waals surface area contributed by atoms with Crippen molar-refractivity contribution in [2.75, 3.05) is 13.1 Å². The fraction of sp³-hybridized carbons (Fsp3) is 0.923. The van der Waals surface area contributed by atoms with Gasteiger partial charge in [-0.25, -0.2) is 0 Å². The van der Waals surface area contributed by atoms with E-state index in [0.29, 0.717) is 5.91 Å². The van der Waals surface area contributed by atoms with Crippen molar-refractivity contribution >= 4 is 5.91 Å². The fourth-order valence-electron chi connectivity index (χ4n) is 1.70. The molecule has 15 heavy (non-hydrogen) atoms. The van der Waals surface area contributed by atoms with Crippen molar-refractivity contribution in [1.82, 2.24) is 4.90 Å². The van der Waals surface area contributed by atoms with E-state index in [1.165, 1.54) is 25.7 Å². The van der Waals surface area contributed by atoms with Crippen molar-refractivity contribution in [2.24, 2.45) is 0 Å².